The summed E-state index contributed by atoms with van der Waals surface area (Å²) in [5, 5.41) is 2.62. The highest BCUT2D eigenvalue weighted by molar-refractivity contribution is 8.03. The van der Waals surface area contributed by atoms with Gasteiger partial charge in [-0.25, -0.2) is 8.42 Å². The number of ether oxygens (including phenoxy) is 2. The molecule has 0 fully saturated rings. The van der Waals surface area contributed by atoms with Gasteiger partial charge in [0.2, 0.25) is 5.52 Å². The molecule has 2 heterocycles. The molecule has 0 saturated carbocycles. The number of nitrogens with zero attached hydrogens (tertiary/aromatic N) is 2. The molecule has 1 unspecified atom stereocenters. The summed E-state index contributed by atoms with van der Waals surface area (Å²) in [6.07, 6.45) is 11.3. The number of hydrogen-bond acceptors (Lipinski definition) is 10. The standard InChI is InChI=1S/C32H39N2O2S4.C7H8O3S/c1-9-33-23-15-25(35-5)29(37-7)17-27(23)39-31(33)13-21-11-19(3)12-22(20(21)4)14-32-34(10-2)24-16-26(36-6)30(38-8)18-28(24)40-32;1-6-2-4-7(5-3-6)11(8,9)10/h13-19H,9-12H2,1-8H3;2-5H,1H3,(H,8,9,10)/q+1;/p-1. The monoisotopic (exact) mass is 782 g/mol. The third kappa shape index (κ3) is 8.69. The van der Waals surface area contributed by atoms with E-state index in [9.17, 15) is 13.0 Å². The molecule has 12 heteroatoms. The second-order valence-corrected chi connectivity index (χ2v) is 17.7. The van der Waals surface area contributed by atoms with Crippen LogP contribution >= 0.6 is 46.6 Å². The van der Waals surface area contributed by atoms with E-state index in [4.69, 9.17) is 9.47 Å². The Morgan fingerprint density at radius 3 is 2.20 bits per heavy atom. The van der Waals surface area contributed by atoms with Crippen LogP contribution in [0, 0.1) is 12.8 Å². The normalized spacial score (nSPS) is 17.6. The molecule has 0 amide bonds. The van der Waals surface area contributed by atoms with Crippen LogP contribution in [-0.4, -0.2) is 46.2 Å². The second kappa shape index (κ2) is 16.9. The predicted molar refractivity (Wildman–Crippen MR) is 216 cm³/mol. The molecule has 2 aliphatic rings. The molecule has 0 radical (unpaired) electrons. The van der Waals surface area contributed by atoms with Crippen molar-refractivity contribution in [1.29, 1.82) is 0 Å². The minimum Gasteiger partial charge on any atom is -0.744 e. The minimum absolute atomic E-state index is 0.178. The molecule has 7 nitrogen and oxygen atoms in total. The van der Waals surface area contributed by atoms with Crippen molar-refractivity contribution < 1.29 is 27.0 Å². The van der Waals surface area contributed by atoms with Gasteiger partial charge in [0.1, 0.15) is 32.9 Å². The molecule has 1 aliphatic carbocycles. The second-order valence-electron chi connectivity index (χ2n) is 12.5. The lowest BCUT2D eigenvalue weighted by Gasteiger charge is -2.26. The van der Waals surface area contributed by atoms with Crippen molar-refractivity contribution in [3.63, 3.8) is 0 Å². The average molecular weight is 783 g/mol. The summed E-state index contributed by atoms with van der Waals surface area (Å²) in [7, 11) is -0.744. The molecule has 0 saturated heterocycles. The Morgan fingerprint density at radius 2 is 1.61 bits per heavy atom. The zero-order chi connectivity index (χ0) is 37.0. The maximum Gasteiger partial charge on any atom is 0.263 e. The highest BCUT2D eigenvalue weighted by Gasteiger charge is 2.29. The lowest BCUT2D eigenvalue weighted by Crippen LogP contribution is -2.33. The maximum absolute atomic E-state index is 10.4. The fourth-order valence-corrected chi connectivity index (χ4v) is 10.6. The number of allylic oxidation sites excluding steroid dienone is 4. The average Bonchev–Trinajstić information content (AvgIpc) is 3.63. The molecule has 1 atom stereocenters. The Balaban J connectivity index is 0.000000392. The Morgan fingerprint density at radius 1 is 0.961 bits per heavy atom. The summed E-state index contributed by atoms with van der Waals surface area (Å²) < 4.78 is 46.3. The van der Waals surface area contributed by atoms with Gasteiger partial charge in [-0.15, -0.1) is 23.5 Å². The first-order valence-electron chi connectivity index (χ1n) is 16.8. The molecule has 4 aromatic rings. The van der Waals surface area contributed by atoms with E-state index in [0.29, 0.717) is 5.92 Å². The summed E-state index contributed by atoms with van der Waals surface area (Å²) >= 11 is 7.25. The third-order valence-corrected chi connectivity index (χ3v) is 13.7. The van der Waals surface area contributed by atoms with Gasteiger partial charge in [-0.2, -0.15) is 4.57 Å². The van der Waals surface area contributed by atoms with Crippen LogP contribution in [0.2, 0.25) is 0 Å². The molecule has 0 N–H and O–H groups in total. The molecule has 0 spiro atoms. The number of aromatic nitrogens is 1. The number of rotatable bonds is 9. The predicted octanol–water partition coefficient (Wildman–Crippen LogP) is 10.2. The SMILES string of the molecule is CCN1/C(=C/C2=C(C)C(=C/c3sc4cc(SC)c(OC)cc4[n+]3CC)/CC(C)C2)Sc2cc(SC)c(OC)cc21.Cc1ccc(S(=O)(=O)[O-])cc1. The number of fused-ring (bicyclic) bond motifs is 2. The van der Waals surface area contributed by atoms with Crippen molar-refractivity contribution in [2.24, 2.45) is 5.92 Å². The first-order valence-corrected chi connectivity index (χ1v) is 22.3. The van der Waals surface area contributed by atoms with E-state index in [-0.39, 0.29) is 4.90 Å². The van der Waals surface area contributed by atoms with Crippen LogP contribution in [-0.2, 0) is 16.7 Å². The summed E-state index contributed by atoms with van der Waals surface area (Å²) in [5.74, 6) is 2.50. The van der Waals surface area contributed by atoms with Crippen molar-refractivity contribution in [2.45, 2.75) is 73.6 Å². The number of methoxy groups -OCH3 is 2. The number of thioether (sulfide) groups is 3. The van der Waals surface area contributed by atoms with E-state index >= 15 is 0 Å². The van der Waals surface area contributed by atoms with Gasteiger partial charge in [-0.1, -0.05) is 47.7 Å². The Labute approximate surface area is 320 Å². The third-order valence-electron chi connectivity index (χ3n) is 9.11. The molecule has 3 aromatic carbocycles. The van der Waals surface area contributed by atoms with Crippen LogP contribution in [0.1, 0.15) is 51.1 Å². The summed E-state index contributed by atoms with van der Waals surface area (Å²) in [4.78, 5) is 5.94. The van der Waals surface area contributed by atoms with Crippen LogP contribution in [0.15, 0.2) is 95.9 Å². The molecule has 6 rings (SSSR count). The first kappa shape index (κ1) is 39.3. The van der Waals surface area contributed by atoms with Gasteiger partial charge in [0, 0.05) is 23.6 Å². The highest BCUT2D eigenvalue weighted by Crippen LogP contribution is 2.51. The number of thiazole rings is 1. The lowest BCUT2D eigenvalue weighted by molar-refractivity contribution is -0.665. The van der Waals surface area contributed by atoms with E-state index in [1.54, 1.807) is 49.9 Å². The van der Waals surface area contributed by atoms with E-state index in [2.05, 4.69) is 86.1 Å². The van der Waals surface area contributed by atoms with Crippen molar-refractivity contribution in [3.8, 4) is 11.5 Å². The summed E-state index contributed by atoms with van der Waals surface area (Å²) in [6.45, 7) is 12.8. The Hall–Kier alpha value is -2.87. The molecule has 0 bridgehead atoms. The highest BCUT2D eigenvalue weighted by atomic mass is 32.2. The molecule has 1 aliphatic heterocycles. The van der Waals surface area contributed by atoms with Crippen LogP contribution in [0.25, 0.3) is 16.3 Å². The first-order chi connectivity index (χ1) is 24.3. The van der Waals surface area contributed by atoms with Gasteiger partial charge in [-0.05, 0) is 106 Å². The fraction of sp³-hybridized carbons (Fsp3) is 0.359. The smallest absolute Gasteiger partial charge is 0.263 e. The number of hydrogen-bond donors (Lipinski definition) is 0. The summed E-state index contributed by atoms with van der Waals surface area (Å²) in [5.41, 5.74) is 7.75. The maximum atomic E-state index is 10.4. The van der Waals surface area contributed by atoms with Gasteiger partial charge < -0.3 is 18.9 Å². The molecular weight excluding hydrogens is 737 g/mol. The van der Waals surface area contributed by atoms with E-state index in [0.717, 1.165) is 43.0 Å². The van der Waals surface area contributed by atoms with Gasteiger partial charge in [-0.3, -0.25) is 0 Å². The van der Waals surface area contributed by atoms with Crippen molar-refractivity contribution in [2.75, 3.05) is 38.2 Å². The van der Waals surface area contributed by atoms with Crippen LogP contribution in [0.4, 0.5) is 5.69 Å². The summed E-state index contributed by atoms with van der Waals surface area (Å²) in [6, 6.07) is 14.8. The number of benzene rings is 3. The van der Waals surface area contributed by atoms with Crippen LogP contribution in [0.5, 0.6) is 11.5 Å². The molecule has 1 aromatic heterocycles. The quantitative estimate of drug-likeness (QED) is 0.0936. The van der Waals surface area contributed by atoms with Gasteiger partial charge >= 0.3 is 0 Å². The molecule has 51 heavy (non-hydrogen) atoms. The molecule has 272 valence electrons. The topological polar surface area (TPSA) is 82.8 Å². The van der Waals surface area contributed by atoms with Crippen LogP contribution < -0.4 is 18.9 Å². The fourth-order valence-electron chi connectivity index (χ4n) is 6.40. The van der Waals surface area contributed by atoms with E-state index in [1.165, 1.54) is 69.5 Å². The Kier molecular flexibility index (Phi) is 13.0. The zero-order valence-electron chi connectivity index (χ0n) is 30.7. The number of aryl methyl sites for hydroxylation is 2. The zero-order valence-corrected chi connectivity index (χ0v) is 34.7. The van der Waals surface area contributed by atoms with E-state index in [1.807, 2.05) is 30.0 Å². The Bertz CT molecular complexity index is 2120. The van der Waals surface area contributed by atoms with Crippen molar-refractivity contribution >= 4 is 78.7 Å². The van der Waals surface area contributed by atoms with Gasteiger partial charge in [0.15, 0.2) is 0 Å². The minimum atomic E-state index is -4.27. The van der Waals surface area contributed by atoms with Gasteiger partial charge in [0.25, 0.3) is 5.01 Å². The van der Waals surface area contributed by atoms with Crippen LogP contribution in [0.3, 0.4) is 0 Å². The van der Waals surface area contributed by atoms with E-state index < -0.39 is 10.1 Å². The van der Waals surface area contributed by atoms with Gasteiger partial charge in [0.05, 0.1) is 45.7 Å². The van der Waals surface area contributed by atoms with Crippen molar-refractivity contribution in [3.05, 3.63) is 86.9 Å². The lowest BCUT2D eigenvalue weighted by atomic mass is 9.81. The largest absolute Gasteiger partial charge is 0.744 e. The molecular formula is C39H46N2O5S5. The number of anilines is 1. The van der Waals surface area contributed by atoms with Crippen molar-refractivity contribution in [1.82, 2.24) is 0 Å².